The van der Waals surface area contributed by atoms with E-state index in [1.165, 1.54) is 17.2 Å². The second-order valence-corrected chi connectivity index (χ2v) is 3.90. The van der Waals surface area contributed by atoms with Crippen molar-refractivity contribution in [1.82, 2.24) is 10.2 Å². The minimum Gasteiger partial charge on any atom is -0.347 e. The van der Waals surface area contributed by atoms with Gasteiger partial charge in [-0.2, -0.15) is 5.10 Å². The van der Waals surface area contributed by atoms with Gasteiger partial charge in [0.05, 0.1) is 0 Å². The monoisotopic (exact) mass is 213 g/mol. The van der Waals surface area contributed by atoms with E-state index in [9.17, 15) is 4.79 Å². The molecule has 4 heteroatoms. The molecule has 1 aliphatic rings. The van der Waals surface area contributed by atoms with Crippen molar-refractivity contribution in [1.29, 1.82) is 0 Å². The van der Waals surface area contributed by atoms with Gasteiger partial charge in [0.25, 0.3) is 5.56 Å². The highest BCUT2D eigenvalue weighted by Gasteiger charge is 2.19. The SMILES string of the molecule is O=c1ccc(N2Cc3ccccc3C2)n[nH]1. The van der Waals surface area contributed by atoms with Gasteiger partial charge in [-0.15, -0.1) is 0 Å². The molecule has 2 heterocycles. The molecule has 0 saturated heterocycles. The molecule has 0 radical (unpaired) electrons. The van der Waals surface area contributed by atoms with Crippen LogP contribution < -0.4 is 10.5 Å². The molecule has 1 aromatic heterocycles. The molecule has 3 rings (SSSR count). The predicted octanol–water partition coefficient (Wildman–Crippen LogP) is 1.29. The van der Waals surface area contributed by atoms with Crippen molar-refractivity contribution in [3.63, 3.8) is 0 Å². The summed E-state index contributed by atoms with van der Waals surface area (Å²) in [5.74, 6) is 0.816. The van der Waals surface area contributed by atoms with Crippen LogP contribution in [0, 0.1) is 0 Å². The Labute approximate surface area is 92.5 Å². The lowest BCUT2D eigenvalue weighted by molar-refractivity contribution is 0.825. The maximum Gasteiger partial charge on any atom is 0.264 e. The first-order valence-corrected chi connectivity index (χ1v) is 5.20. The van der Waals surface area contributed by atoms with E-state index < -0.39 is 0 Å². The van der Waals surface area contributed by atoms with Crippen molar-refractivity contribution in [2.75, 3.05) is 4.90 Å². The molecule has 2 aromatic rings. The highest BCUT2D eigenvalue weighted by molar-refractivity contribution is 5.46. The molecule has 0 atom stereocenters. The molecule has 0 fully saturated rings. The minimum atomic E-state index is -0.166. The largest absolute Gasteiger partial charge is 0.347 e. The number of hydrogen-bond acceptors (Lipinski definition) is 3. The number of aromatic amines is 1. The summed E-state index contributed by atoms with van der Waals surface area (Å²) in [4.78, 5) is 13.1. The van der Waals surface area contributed by atoms with Crippen molar-refractivity contribution in [2.45, 2.75) is 13.1 Å². The van der Waals surface area contributed by atoms with Gasteiger partial charge in [0.15, 0.2) is 0 Å². The van der Waals surface area contributed by atoms with Crippen molar-refractivity contribution in [3.05, 3.63) is 57.9 Å². The Morgan fingerprint density at radius 1 is 1.06 bits per heavy atom. The van der Waals surface area contributed by atoms with Gasteiger partial charge in [-0.05, 0) is 17.2 Å². The third-order valence-corrected chi connectivity index (χ3v) is 2.83. The highest BCUT2D eigenvalue weighted by atomic mass is 16.1. The summed E-state index contributed by atoms with van der Waals surface area (Å²) in [6.07, 6.45) is 0. The van der Waals surface area contributed by atoms with Crippen LogP contribution in [0.3, 0.4) is 0 Å². The standard InChI is InChI=1S/C12H11N3O/c16-12-6-5-11(13-14-12)15-7-9-3-1-2-4-10(9)8-15/h1-6H,7-8H2,(H,14,16). The maximum absolute atomic E-state index is 10.9. The van der Waals surface area contributed by atoms with Gasteiger partial charge in [-0.25, -0.2) is 5.10 Å². The van der Waals surface area contributed by atoms with Gasteiger partial charge in [-0.3, -0.25) is 4.79 Å². The van der Waals surface area contributed by atoms with Crippen LogP contribution in [0.15, 0.2) is 41.2 Å². The third-order valence-electron chi connectivity index (χ3n) is 2.83. The number of benzene rings is 1. The van der Waals surface area contributed by atoms with Crippen LogP contribution in [0.2, 0.25) is 0 Å². The Bertz CT molecular complexity index is 531. The lowest BCUT2D eigenvalue weighted by Crippen LogP contribution is -2.18. The van der Waals surface area contributed by atoms with Crippen LogP contribution in [-0.2, 0) is 13.1 Å². The van der Waals surface area contributed by atoms with Gasteiger partial charge in [0.1, 0.15) is 5.82 Å². The molecule has 80 valence electrons. The summed E-state index contributed by atoms with van der Waals surface area (Å²) in [6, 6.07) is 11.6. The van der Waals surface area contributed by atoms with Crippen LogP contribution in [0.4, 0.5) is 5.82 Å². The zero-order valence-corrected chi connectivity index (χ0v) is 8.68. The summed E-state index contributed by atoms with van der Waals surface area (Å²) in [5, 5.41) is 6.49. The van der Waals surface area contributed by atoms with Crippen molar-refractivity contribution >= 4 is 5.82 Å². The third kappa shape index (κ3) is 1.48. The average Bonchev–Trinajstić information content (AvgIpc) is 2.73. The van der Waals surface area contributed by atoms with E-state index >= 15 is 0 Å². The Morgan fingerprint density at radius 2 is 1.75 bits per heavy atom. The fourth-order valence-corrected chi connectivity index (χ4v) is 2.01. The van der Waals surface area contributed by atoms with E-state index in [-0.39, 0.29) is 5.56 Å². The van der Waals surface area contributed by atoms with Crippen molar-refractivity contribution < 1.29 is 0 Å². The van der Waals surface area contributed by atoms with Gasteiger partial charge in [-0.1, -0.05) is 24.3 Å². The van der Waals surface area contributed by atoms with Crippen molar-refractivity contribution in [3.8, 4) is 0 Å². The molecule has 0 spiro atoms. The Morgan fingerprint density at radius 3 is 2.31 bits per heavy atom. The lowest BCUT2D eigenvalue weighted by Gasteiger charge is -2.14. The van der Waals surface area contributed by atoms with Crippen LogP contribution in [0.1, 0.15) is 11.1 Å². The normalized spacial score (nSPS) is 13.9. The second-order valence-electron chi connectivity index (χ2n) is 3.90. The fraction of sp³-hybridized carbons (Fsp3) is 0.167. The molecule has 0 bridgehead atoms. The maximum atomic E-state index is 10.9. The molecular formula is C12H11N3O. The molecule has 1 N–H and O–H groups in total. The number of nitrogens with one attached hydrogen (secondary N) is 1. The van der Waals surface area contributed by atoms with E-state index in [0.717, 1.165) is 18.9 Å². The number of rotatable bonds is 1. The molecule has 0 aliphatic carbocycles. The molecular weight excluding hydrogens is 202 g/mol. The summed E-state index contributed by atoms with van der Waals surface area (Å²) in [5.41, 5.74) is 2.49. The molecule has 0 unspecified atom stereocenters. The number of aromatic nitrogens is 2. The van der Waals surface area contributed by atoms with E-state index in [1.807, 2.05) is 12.1 Å². The molecule has 0 saturated carbocycles. The molecule has 4 nitrogen and oxygen atoms in total. The van der Waals surface area contributed by atoms with Crippen LogP contribution in [0.5, 0.6) is 0 Å². The summed E-state index contributed by atoms with van der Waals surface area (Å²) < 4.78 is 0. The first kappa shape index (κ1) is 9.15. The van der Waals surface area contributed by atoms with Gasteiger partial charge in [0, 0.05) is 19.2 Å². The summed E-state index contributed by atoms with van der Waals surface area (Å²) in [6.45, 7) is 1.71. The Hall–Kier alpha value is -2.10. The highest BCUT2D eigenvalue weighted by Crippen LogP contribution is 2.25. The van der Waals surface area contributed by atoms with Crippen LogP contribution >= 0.6 is 0 Å². The minimum absolute atomic E-state index is 0.166. The number of fused-ring (bicyclic) bond motifs is 1. The van der Waals surface area contributed by atoms with Gasteiger partial charge >= 0.3 is 0 Å². The quantitative estimate of drug-likeness (QED) is 0.776. The smallest absolute Gasteiger partial charge is 0.264 e. The molecule has 16 heavy (non-hydrogen) atoms. The van der Waals surface area contributed by atoms with Crippen LogP contribution in [-0.4, -0.2) is 10.2 Å². The summed E-state index contributed by atoms with van der Waals surface area (Å²) in [7, 11) is 0. The Kier molecular flexibility index (Phi) is 1.99. The van der Waals surface area contributed by atoms with E-state index in [4.69, 9.17) is 0 Å². The second kappa shape index (κ2) is 3.48. The van der Waals surface area contributed by atoms with Gasteiger partial charge in [0.2, 0.25) is 0 Å². The number of hydrogen-bond donors (Lipinski definition) is 1. The molecule has 0 amide bonds. The zero-order valence-electron chi connectivity index (χ0n) is 8.68. The topological polar surface area (TPSA) is 49.0 Å². The fourth-order valence-electron chi connectivity index (χ4n) is 2.01. The predicted molar refractivity (Wildman–Crippen MR) is 61.2 cm³/mol. The average molecular weight is 213 g/mol. The van der Waals surface area contributed by atoms with E-state index in [1.54, 1.807) is 6.07 Å². The van der Waals surface area contributed by atoms with Crippen molar-refractivity contribution in [2.24, 2.45) is 0 Å². The van der Waals surface area contributed by atoms with E-state index in [0.29, 0.717) is 0 Å². The first-order valence-electron chi connectivity index (χ1n) is 5.20. The zero-order chi connectivity index (χ0) is 11.0. The van der Waals surface area contributed by atoms with E-state index in [2.05, 4.69) is 27.2 Å². The molecule has 1 aliphatic heterocycles. The number of nitrogens with zero attached hydrogens (tertiary/aromatic N) is 2. The number of H-pyrrole nitrogens is 1. The molecule has 1 aromatic carbocycles. The number of anilines is 1. The Balaban J connectivity index is 1.91. The first-order chi connectivity index (χ1) is 7.83. The van der Waals surface area contributed by atoms with Gasteiger partial charge < -0.3 is 4.90 Å². The summed E-state index contributed by atoms with van der Waals surface area (Å²) >= 11 is 0. The lowest BCUT2D eigenvalue weighted by atomic mass is 10.1. The van der Waals surface area contributed by atoms with Crippen LogP contribution in [0.25, 0.3) is 0 Å².